The first kappa shape index (κ1) is 25.9. The number of carbonyl (C=O) groups is 4. The van der Waals surface area contributed by atoms with E-state index in [2.05, 4.69) is 5.32 Å². The molecule has 0 bridgehead atoms. The monoisotopic (exact) mass is 520 g/mol. The second kappa shape index (κ2) is 9.87. The fraction of sp³-hybridized carbons (Fsp3) is 0.448. The highest BCUT2D eigenvalue weighted by Gasteiger charge is 2.68. The van der Waals surface area contributed by atoms with Crippen molar-refractivity contribution < 1.29 is 34.1 Å². The molecule has 2 heterocycles. The number of Topliss-reactive ketones (excluding diaryl/α,β-unsaturated/α-hetero) is 1. The van der Waals surface area contributed by atoms with E-state index in [0.717, 1.165) is 37.0 Å². The van der Waals surface area contributed by atoms with Gasteiger partial charge in [0.25, 0.3) is 0 Å². The molecule has 3 aliphatic rings. The van der Waals surface area contributed by atoms with Crippen LogP contribution in [0, 0.1) is 17.8 Å². The number of hydrogen-bond donors (Lipinski definition) is 3. The minimum atomic E-state index is -1.64. The quantitative estimate of drug-likeness (QED) is 0.370. The topological polar surface area (TPSA) is 133 Å². The zero-order chi connectivity index (χ0) is 27.2. The summed E-state index contributed by atoms with van der Waals surface area (Å²) in [5, 5.41) is 24.0. The minimum Gasteiger partial charge on any atom is -0.504 e. The molecule has 38 heavy (non-hydrogen) atoms. The van der Waals surface area contributed by atoms with Crippen LogP contribution in [0.25, 0.3) is 0 Å². The lowest BCUT2D eigenvalue weighted by atomic mass is 9.72. The molecular formula is C29H32N2O7. The van der Waals surface area contributed by atoms with Crippen LogP contribution in [0.15, 0.2) is 42.5 Å². The highest BCUT2D eigenvalue weighted by Crippen LogP contribution is 2.53. The number of imide groups is 1. The number of anilines is 1. The maximum absolute atomic E-state index is 14.0. The Labute approximate surface area is 220 Å². The van der Waals surface area contributed by atoms with Crippen molar-refractivity contribution in [1.29, 1.82) is 0 Å². The van der Waals surface area contributed by atoms with Crippen molar-refractivity contribution in [2.75, 3.05) is 12.0 Å². The first-order valence-electron chi connectivity index (χ1n) is 13.0. The van der Waals surface area contributed by atoms with Gasteiger partial charge in [0.2, 0.25) is 11.8 Å². The van der Waals surface area contributed by atoms with Gasteiger partial charge < -0.3 is 14.9 Å². The Balaban J connectivity index is 1.61. The number of amides is 2. The van der Waals surface area contributed by atoms with Crippen molar-refractivity contribution in [2.24, 2.45) is 17.8 Å². The van der Waals surface area contributed by atoms with Gasteiger partial charge in [0.1, 0.15) is 5.54 Å². The first-order chi connectivity index (χ1) is 18.2. The fourth-order valence-corrected chi connectivity index (χ4v) is 6.59. The van der Waals surface area contributed by atoms with Gasteiger partial charge >= 0.3 is 5.97 Å². The van der Waals surface area contributed by atoms with Gasteiger partial charge in [-0.25, -0.2) is 4.90 Å². The van der Waals surface area contributed by atoms with Crippen LogP contribution in [-0.4, -0.2) is 46.4 Å². The van der Waals surface area contributed by atoms with Gasteiger partial charge in [0, 0.05) is 11.6 Å². The number of rotatable bonds is 7. The third-order valence-corrected chi connectivity index (χ3v) is 8.47. The number of nitrogens with one attached hydrogen (secondary N) is 1. The summed E-state index contributed by atoms with van der Waals surface area (Å²) in [5.41, 5.74) is -0.334. The van der Waals surface area contributed by atoms with Crippen LogP contribution < -0.4 is 15.0 Å². The molecule has 2 aliphatic heterocycles. The number of ketones is 1. The number of hydrogen-bond acceptors (Lipinski definition) is 7. The molecule has 2 amide bonds. The third kappa shape index (κ3) is 4.15. The summed E-state index contributed by atoms with van der Waals surface area (Å²) in [4.78, 5) is 53.8. The predicted molar refractivity (Wildman–Crippen MR) is 138 cm³/mol. The number of aromatic hydroxyl groups is 1. The first-order valence-corrected chi connectivity index (χ1v) is 13.0. The number of phenols is 1. The van der Waals surface area contributed by atoms with Crippen LogP contribution in [0.4, 0.5) is 5.69 Å². The van der Waals surface area contributed by atoms with E-state index < -0.39 is 41.2 Å². The Bertz CT molecular complexity index is 1280. The van der Waals surface area contributed by atoms with Crippen molar-refractivity contribution in [3.05, 3.63) is 53.6 Å². The Hall–Kier alpha value is -3.72. The van der Waals surface area contributed by atoms with E-state index in [4.69, 9.17) is 4.74 Å². The largest absolute Gasteiger partial charge is 0.504 e. The summed E-state index contributed by atoms with van der Waals surface area (Å²) in [7, 11) is 1.41. The van der Waals surface area contributed by atoms with Gasteiger partial charge in [-0.15, -0.1) is 0 Å². The number of carboxylic acid groups (broad SMARTS) is 1. The fourth-order valence-electron chi connectivity index (χ4n) is 6.59. The van der Waals surface area contributed by atoms with E-state index in [-0.39, 0.29) is 29.6 Å². The van der Waals surface area contributed by atoms with Crippen molar-refractivity contribution >= 4 is 29.3 Å². The number of carboxylic acids is 1. The number of fused-ring (bicyclic) bond motifs is 1. The smallest absolute Gasteiger partial charge is 0.324 e. The molecule has 2 saturated heterocycles. The molecule has 1 saturated carbocycles. The number of carbonyl (C=O) groups excluding carboxylic acids is 3. The summed E-state index contributed by atoms with van der Waals surface area (Å²) in [5.74, 6) is -4.21. The summed E-state index contributed by atoms with van der Waals surface area (Å²) in [6, 6.07) is 10.0. The van der Waals surface area contributed by atoms with Crippen LogP contribution >= 0.6 is 0 Å². The van der Waals surface area contributed by atoms with Crippen LogP contribution in [0.5, 0.6) is 11.5 Å². The molecule has 200 valence electrons. The maximum Gasteiger partial charge on any atom is 0.324 e. The van der Waals surface area contributed by atoms with Crippen LogP contribution in [0.2, 0.25) is 0 Å². The number of nitrogens with zero attached hydrogens (tertiary/aromatic N) is 1. The molecule has 2 aromatic carbocycles. The Morgan fingerprint density at radius 3 is 2.34 bits per heavy atom. The SMILES string of the molecule is COc1cc(C2NC(CC3CCCCC3)(C(=O)O)C3C(=O)N(c4ccc(C(C)=O)cc4)C(=O)C23)ccc1O. The lowest BCUT2D eigenvalue weighted by molar-refractivity contribution is -0.150. The third-order valence-electron chi connectivity index (χ3n) is 8.47. The lowest BCUT2D eigenvalue weighted by Gasteiger charge is -2.35. The summed E-state index contributed by atoms with van der Waals surface area (Å²) in [6.07, 6.45) is 5.12. The molecule has 3 fully saturated rings. The molecule has 9 nitrogen and oxygen atoms in total. The molecule has 2 aromatic rings. The minimum absolute atomic E-state index is 0.0847. The van der Waals surface area contributed by atoms with E-state index in [9.17, 15) is 29.4 Å². The molecule has 4 unspecified atom stereocenters. The van der Waals surface area contributed by atoms with Crippen molar-refractivity contribution in [3.8, 4) is 11.5 Å². The second-order valence-corrected chi connectivity index (χ2v) is 10.7. The van der Waals surface area contributed by atoms with Gasteiger partial charge in [-0.05, 0) is 61.2 Å². The molecule has 4 atom stereocenters. The van der Waals surface area contributed by atoms with E-state index in [0.29, 0.717) is 16.8 Å². The number of phenolic OH excluding ortho intramolecular Hbond substituents is 1. The van der Waals surface area contributed by atoms with Crippen molar-refractivity contribution in [2.45, 2.75) is 57.0 Å². The predicted octanol–water partition coefficient (Wildman–Crippen LogP) is 3.85. The maximum atomic E-state index is 14.0. The molecule has 0 radical (unpaired) electrons. The highest BCUT2D eigenvalue weighted by molar-refractivity contribution is 6.24. The Morgan fingerprint density at radius 2 is 1.74 bits per heavy atom. The van der Waals surface area contributed by atoms with Crippen LogP contribution in [-0.2, 0) is 14.4 Å². The van der Waals surface area contributed by atoms with Crippen LogP contribution in [0.1, 0.15) is 67.4 Å². The summed E-state index contributed by atoms with van der Waals surface area (Å²) in [6.45, 7) is 1.43. The zero-order valence-electron chi connectivity index (χ0n) is 21.5. The molecule has 3 N–H and O–H groups in total. The van der Waals surface area contributed by atoms with Gasteiger partial charge in [-0.2, -0.15) is 0 Å². The highest BCUT2D eigenvalue weighted by atomic mass is 16.5. The average molecular weight is 521 g/mol. The molecular weight excluding hydrogens is 488 g/mol. The molecule has 0 spiro atoms. The van der Waals surface area contributed by atoms with Gasteiger partial charge in [-0.1, -0.05) is 38.2 Å². The van der Waals surface area contributed by atoms with Crippen LogP contribution in [0.3, 0.4) is 0 Å². The normalized spacial score (nSPS) is 27.4. The van der Waals surface area contributed by atoms with Gasteiger partial charge in [-0.3, -0.25) is 24.5 Å². The second-order valence-electron chi connectivity index (χ2n) is 10.7. The number of methoxy groups -OCH3 is 1. The number of aliphatic carboxylic acids is 1. The Morgan fingerprint density at radius 1 is 1.05 bits per heavy atom. The average Bonchev–Trinajstić information content (AvgIpc) is 3.39. The van der Waals surface area contributed by atoms with E-state index in [1.165, 1.54) is 20.1 Å². The molecule has 5 rings (SSSR count). The van der Waals surface area contributed by atoms with Gasteiger partial charge in [0.15, 0.2) is 17.3 Å². The van der Waals surface area contributed by atoms with Crippen molar-refractivity contribution in [3.63, 3.8) is 0 Å². The van der Waals surface area contributed by atoms with E-state index in [1.807, 2.05) is 0 Å². The van der Waals surface area contributed by atoms with E-state index in [1.54, 1.807) is 36.4 Å². The number of benzene rings is 2. The summed E-state index contributed by atoms with van der Waals surface area (Å²) < 4.78 is 5.26. The molecule has 0 aromatic heterocycles. The molecule has 1 aliphatic carbocycles. The lowest BCUT2D eigenvalue weighted by Crippen LogP contribution is -2.57. The zero-order valence-corrected chi connectivity index (χ0v) is 21.5. The Kier molecular flexibility index (Phi) is 6.73. The van der Waals surface area contributed by atoms with Crippen molar-refractivity contribution in [1.82, 2.24) is 5.32 Å². The summed E-state index contributed by atoms with van der Waals surface area (Å²) >= 11 is 0. The number of ether oxygens (including phenoxy) is 1. The molecule has 9 heteroatoms. The standard InChI is InChI=1S/C29H32N2O7/c1-16(32)18-8-11-20(12-9-18)31-26(34)23-24(27(31)35)29(28(36)37,15-17-6-4-3-5-7-17)30-25(23)19-10-13-21(33)22(14-19)38-2/h8-14,17,23-25,30,33H,3-7,15H2,1-2H3,(H,36,37). The van der Waals surface area contributed by atoms with Gasteiger partial charge in [0.05, 0.1) is 24.6 Å². The van der Waals surface area contributed by atoms with E-state index >= 15 is 0 Å².